The normalized spacial score (nSPS) is 10.5. The number of halogens is 2. The summed E-state index contributed by atoms with van der Waals surface area (Å²) >= 11 is 0. The van der Waals surface area contributed by atoms with Gasteiger partial charge in [-0.1, -0.05) is 30.3 Å². The van der Waals surface area contributed by atoms with Gasteiger partial charge in [0.2, 0.25) is 0 Å². The van der Waals surface area contributed by atoms with Crippen molar-refractivity contribution in [3.05, 3.63) is 65.2 Å². The highest BCUT2D eigenvalue weighted by molar-refractivity contribution is 5.51. The van der Waals surface area contributed by atoms with E-state index in [2.05, 4.69) is 5.32 Å². The summed E-state index contributed by atoms with van der Waals surface area (Å²) in [5.74, 6) is -1.64. The summed E-state index contributed by atoms with van der Waals surface area (Å²) in [6.07, 6.45) is 0. The van der Waals surface area contributed by atoms with Gasteiger partial charge in [0.1, 0.15) is 0 Å². The van der Waals surface area contributed by atoms with Crippen LogP contribution in [0.1, 0.15) is 11.1 Å². The van der Waals surface area contributed by atoms with E-state index < -0.39 is 11.6 Å². The summed E-state index contributed by atoms with van der Waals surface area (Å²) in [5.41, 5.74) is 2.13. The standard InChI is InChI=1S/C15H15F2NO/c1-19-10-12-5-2-3-8-14(12)18-9-11-6-4-7-13(16)15(11)17/h2-8,18H,9-10H2,1H3. The number of ether oxygens (including phenoxy) is 1. The third-order valence-corrected chi connectivity index (χ3v) is 2.82. The first-order chi connectivity index (χ1) is 9.22. The second-order valence-corrected chi connectivity index (χ2v) is 4.16. The molecule has 0 atom stereocenters. The molecule has 0 saturated heterocycles. The lowest BCUT2D eigenvalue weighted by Crippen LogP contribution is -2.05. The van der Waals surface area contributed by atoms with Crippen molar-refractivity contribution in [1.29, 1.82) is 0 Å². The molecule has 19 heavy (non-hydrogen) atoms. The van der Waals surface area contributed by atoms with E-state index in [9.17, 15) is 8.78 Å². The molecule has 0 aliphatic rings. The fourth-order valence-electron chi connectivity index (χ4n) is 1.85. The predicted octanol–water partition coefficient (Wildman–Crippen LogP) is 3.72. The molecule has 0 unspecified atom stereocenters. The molecule has 0 fully saturated rings. The van der Waals surface area contributed by atoms with Crippen molar-refractivity contribution in [3.8, 4) is 0 Å². The first-order valence-corrected chi connectivity index (χ1v) is 5.96. The Morgan fingerprint density at radius 3 is 2.53 bits per heavy atom. The molecule has 0 spiro atoms. The third-order valence-electron chi connectivity index (χ3n) is 2.82. The third kappa shape index (κ3) is 3.29. The van der Waals surface area contributed by atoms with Crippen molar-refractivity contribution in [1.82, 2.24) is 0 Å². The van der Waals surface area contributed by atoms with Crippen LogP contribution < -0.4 is 5.32 Å². The molecule has 100 valence electrons. The van der Waals surface area contributed by atoms with E-state index in [-0.39, 0.29) is 6.54 Å². The molecule has 2 aromatic rings. The first-order valence-electron chi connectivity index (χ1n) is 5.96. The first kappa shape index (κ1) is 13.5. The molecule has 1 N–H and O–H groups in total. The minimum Gasteiger partial charge on any atom is -0.381 e. The maximum atomic E-state index is 13.5. The Morgan fingerprint density at radius 2 is 1.74 bits per heavy atom. The van der Waals surface area contributed by atoms with Gasteiger partial charge in [-0.3, -0.25) is 0 Å². The minimum atomic E-state index is -0.829. The molecule has 4 heteroatoms. The molecule has 2 rings (SSSR count). The number of para-hydroxylation sites is 1. The van der Waals surface area contributed by atoms with E-state index in [1.807, 2.05) is 24.3 Å². The average Bonchev–Trinajstić information content (AvgIpc) is 2.42. The number of hydrogen-bond donors (Lipinski definition) is 1. The van der Waals surface area contributed by atoms with E-state index in [0.29, 0.717) is 12.2 Å². The van der Waals surface area contributed by atoms with Gasteiger partial charge in [-0.15, -0.1) is 0 Å². The van der Waals surface area contributed by atoms with Crippen LogP contribution in [0.25, 0.3) is 0 Å². The Balaban J connectivity index is 2.12. The van der Waals surface area contributed by atoms with Gasteiger partial charge in [0.15, 0.2) is 11.6 Å². The Hall–Kier alpha value is -1.94. The molecule has 0 aliphatic heterocycles. The van der Waals surface area contributed by atoms with Crippen LogP contribution in [-0.4, -0.2) is 7.11 Å². The van der Waals surface area contributed by atoms with Crippen LogP contribution >= 0.6 is 0 Å². The summed E-state index contributed by atoms with van der Waals surface area (Å²) in [6, 6.07) is 11.8. The summed E-state index contributed by atoms with van der Waals surface area (Å²) in [6.45, 7) is 0.694. The highest BCUT2D eigenvalue weighted by atomic mass is 19.2. The van der Waals surface area contributed by atoms with Crippen molar-refractivity contribution in [3.63, 3.8) is 0 Å². The maximum absolute atomic E-state index is 13.5. The van der Waals surface area contributed by atoms with Crippen LogP contribution in [0.5, 0.6) is 0 Å². The lowest BCUT2D eigenvalue weighted by molar-refractivity contribution is 0.185. The summed E-state index contributed by atoms with van der Waals surface area (Å²) in [4.78, 5) is 0. The number of rotatable bonds is 5. The Kier molecular flexibility index (Phi) is 4.47. The van der Waals surface area contributed by atoms with Gasteiger partial charge in [0, 0.05) is 30.5 Å². The molecule has 0 radical (unpaired) electrons. The summed E-state index contributed by atoms with van der Waals surface area (Å²) < 4.78 is 31.7. The van der Waals surface area contributed by atoms with Crippen LogP contribution in [0.4, 0.5) is 14.5 Å². The molecular formula is C15H15F2NO. The summed E-state index contributed by atoms with van der Waals surface area (Å²) in [7, 11) is 1.61. The van der Waals surface area contributed by atoms with Crippen molar-refractivity contribution in [2.24, 2.45) is 0 Å². The number of anilines is 1. The van der Waals surface area contributed by atoms with Gasteiger partial charge in [-0.25, -0.2) is 8.78 Å². The van der Waals surface area contributed by atoms with Crippen LogP contribution in [0, 0.1) is 11.6 Å². The molecule has 2 nitrogen and oxygen atoms in total. The van der Waals surface area contributed by atoms with E-state index in [4.69, 9.17) is 4.74 Å². The van der Waals surface area contributed by atoms with Gasteiger partial charge in [0.05, 0.1) is 6.61 Å². The lowest BCUT2D eigenvalue weighted by atomic mass is 10.1. The number of hydrogen-bond acceptors (Lipinski definition) is 2. The van der Waals surface area contributed by atoms with Crippen molar-refractivity contribution < 1.29 is 13.5 Å². The van der Waals surface area contributed by atoms with Crippen LogP contribution in [0.3, 0.4) is 0 Å². The topological polar surface area (TPSA) is 21.3 Å². The zero-order chi connectivity index (χ0) is 13.7. The van der Waals surface area contributed by atoms with Gasteiger partial charge >= 0.3 is 0 Å². The highest BCUT2D eigenvalue weighted by Gasteiger charge is 2.08. The lowest BCUT2D eigenvalue weighted by Gasteiger charge is -2.12. The van der Waals surface area contributed by atoms with Crippen LogP contribution in [-0.2, 0) is 17.9 Å². The monoisotopic (exact) mass is 263 g/mol. The number of methoxy groups -OCH3 is 1. The van der Waals surface area contributed by atoms with Gasteiger partial charge < -0.3 is 10.1 Å². The average molecular weight is 263 g/mol. The Labute approximate surface area is 111 Å². The van der Waals surface area contributed by atoms with Crippen LogP contribution in [0.15, 0.2) is 42.5 Å². The molecule has 0 amide bonds. The fourth-order valence-corrected chi connectivity index (χ4v) is 1.85. The predicted molar refractivity (Wildman–Crippen MR) is 70.8 cm³/mol. The van der Waals surface area contributed by atoms with E-state index in [0.717, 1.165) is 17.3 Å². The van der Waals surface area contributed by atoms with Crippen molar-refractivity contribution in [2.75, 3.05) is 12.4 Å². The zero-order valence-corrected chi connectivity index (χ0v) is 10.6. The SMILES string of the molecule is COCc1ccccc1NCc1cccc(F)c1F. The van der Waals surface area contributed by atoms with Gasteiger partial charge in [-0.2, -0.15) is 0 Å². The Morgan fingerprint density at radius 1 is 1.00 bits per heavy atom. The van der Waals surface area contributed by atoms with Crippen molar-refractivity contribution in [2.45, 2.75) is 13.2 Å². The van der Waals surface area contributed by atoms with Crippen LogP contribution in [0.2, 0.25) is 0 Å². The quantitative estimate of drug-likeness (QED) is 0.887. The molecule has 0 aliphatic carbocycles. The smallest absolute Gasteiger partial charge is 0.163 e. The largest absolute Gasteiger partial charge is 0.381 e. The van der Waals surface area contributed by atoms with Gasteiger partial charge in [0.25, 0.3) is 0 Å². The highest BCUT2D eigenvalue weighted by Crippen LogP contribution is 2.18. The second kappa shape index (κ2) is 6.29. The fraction of sp³-hybridized carbons (Fsp3) is 0.200. The summed E-state index contributed by atoms with van der Waals surface area (Å²) in [5, 5.41) is 3.10. The van der Waals surface area contributed by atoms with E-state index >= 15 is 0 Å². The van der Waals surface area contributed by atoms with Crippen molar-refractivity contribution >= 4 is 5.69 Å². The van der Waals surface area contributed by atoms with E-state index in [1.165, 1.54) is 6.07 Å². The molecule has 2 aromatic carbocycles. The number of benzene rings is 2. The minimum absolute atomic E-state index is 0.227. The molecule has 0 aromatic heterocycles. The van der Waals surface area contributed by atoms with Gasteiger partial charge in [-0.05, 0) is 12.1 Å². The zero-order valence-electron chi connectivity index (χ0n) is 10.6. The molecule has 0 bridgehead atoms. The second-order valence-electron chi connectivity index (χ2n) is 4.16. The Bertz CT molecular complexity index is 558. The molecule has 0 saturated carbocycles. The molecule has 0 heterocycles. The maximum Gasteiger partial charge on any atom is 0.163 e. The number of nitrogens with one attached hydrogen (secondary N) is 1. The molecular weight excluding hydrogens is 248 g/mol. The van der Waals surface area contributed by atoms with E-state index in [1.54, 1.807) is 13.2 Å².